The largest absolute Gasteiger partial charge is 0.504 e. The van der Waals surface area contributed by atoms with Gasteiger partial charge < -0.3 is 30.1 Å². The summed E-state index contributed by atoms with van der Waals surface area (Å²) in [6.07, 6.45) is 2.49. The van der Waals surface area contributed by atoms with Gasteiger partial charge in [-0.25, -0.2) is 4.99 Å². The number of rotatable bonds is 10. The van der Waals surface area contributed by atoms with E-state index < -0.39 is 0 Å². The van der Waals surface area contributed by atoms with E-state index in [9.17, 15) is 5.11 Å². The molecule has 0 radical (unpaired) electrons. The highest BCUT2D eigenvalue weighted by molar-refractivity contribution is 5.80. The van der Waals surface area contributed by atoms with Crippen LogP contribution in [0.25, 0.3) is 0 Å². The molecule has 1 aliphatic heterocycles. The van der Waals surface area contributed by atoms with Crippen molar-refractivity contribution >= 4 is 5.96 Å². The number of aromatic hydroxyl groups is 1. The summed E-state index contributed by atoms with van der Waals surface area (Å²) >= 11 is 0. The average Bonchev–Trinajstić information content (AvgIpc) is 2.70. The summed E-state index contributed by atoms with van der Waals surface area (Å²) < 4.78 is 11.1. The van der Waals surface area contributed by atoms with E-state index in [0.29, 0.717) is 31.0 Å². The molecule has 1 fully saturated rings. The highest BCUT2D eigenvalue weighted by Crippen LogP contribution is 2.27. The predicted octanol–water partition coefficient (Wildman–Crippen LogP) is 2.74. The van der Waals surface area contributed by atoms with Crippen LogP contribution in [-0.4, -0.2) is 67.5 Å². The van der Waals surface area contributed by atoms with Gasteiger partial charge in [0, 0.05) is 32.2 Å². The predicted molar refractivity (Wildman–Crippen MR) is 118 cm³/mol. The molecule has 0 aliphatic carbocycles. The minimum absolute atomic E-state index is 0.162. The Kier molecular flexibility index (Phi) is 10.1. The number of likely N-dealkylation sites (tertiary alicyclic amines) is 1. The summed E-state index contributed by atoms with van der Waals surface area (Å²) in [7, 11) is 0. The first-order valence-corrected chi connectivity index (χ1v) is 10.8. The molecule has 3 N–H and O–H groups in total. The minimum atomic E-state index is 0.162. The number of phenolic OH excluding ortho intramolecular Hbond substituents is 1. The minimum Gasteiger partial charge on any atom is -0.504 e. The summed E-state index contributed by atoms with van der Waals surface area (Å²) in [5.41, 5.74) is 1.00. The fourth-order valence-electron chi connectivity index (χ4n) is 3.33. The van der Waals surface area contributed by atoms with Crippen molar-refractivity contribution in [3.63, 3.8) is 0 Å². The van der Waals surface area contributed by atoms with Crippen LogP contribution in [0.5, 0.6) is 11.5 Å². The van der Waals surface area contributed by atoms with Gasteiger partial charge in [-0.2, -0.15) is 0 Å². The number of aliphatic imine (C=N–C) groups is 1. The fourth-order valence-corrected chi connectivity index (χ4v) is 3.33. The molecule has 2 rings (SSSR count). The van der Waals surface area contributed by atoms with E-state index in [4.69, 9.17) is 14.5 Å². The highest BCUT2D eigenvalue weighted by atomic mass is 16.5. The van der Waals surface area contributed by atoms with Gasteiger partial charge in [-0.3, -0.25) is 0 Å². The van der Waals surface area contributed by atoms with E-state index in [0.717, 1.165) is 57.2 Å². The lowest BCUT2D eigenvalue weighted by molar-refractivity contribution is 0.0532. The Morgan fingerprint density at radius 1 is 1.28 bits per heavy atom. The number of nitrogens with one attached hydrogen (secondary N) is 2. The molecule has 0 atom stereocenters. The van der Waals surface area contributed by atoms with Gasteiger partial charge in [-0.15, -0.1) is 0 Å². The van der Waals surface area contributed by atoms with E-state index in [2.05, 4.69) is 36.3 Å². The van der Waals surface area contributed by atoms with Crippen molar-refractivity contribution in [2.24, 2.45) is 4.99 Å². The molecular weight excluding hydrogens is 368 g/mol. The topological polar surface area (TPSA) is 78.4 Å². The number of ether oxygens (including phenoxy) is 2. The molecule has 7 nitrogen and oxygen atoms in total. The smallest absolute Gasteiger partial charge is 0.191 e. The van der Waals surface area contributed by atoms with Crippen molar-refractivity contribution in [2.45, 2.75) is 59.2 Å². The third kappa shape index (κ3) is 8.50. The lowest BCUT2D eigenvalue weighted by Gasteiger charge is -2.33. The van der Waals surface area contributed by atoms with Gasteiger partial charge in [0.05, 0.1) is 25.9 Å². The van der Waals surface area contributed by atoms with Crippen LogP contribution in [0.2, 0.25) is 0 Å². The average molecular weight is 407 g/mol. The van der Waals surface area contributed by atoms with Gasteiger partial charge in [0.1, 0.15) is 0 Å². The maximum absolute atomic E-state index is 9.85. The van der Waals surface area contributed by atoms with Crippen LogP contribution in [0.15, 0.2) is 23.2 Å². The van der Waals surface area contributed by atoms with E-state index in [1.165, 1.54) is 0 Å². The van der Waals surface area contributed by atoms with Crippen LogP contribution >= 0.6 is 0 Å². The SMILES string of the molecule is CCNC(=NCc1ccc(O)c(OCC)c1)NC1CCN(CCOC(C)C)CC1. The van der Waals surface area contributed by atoms with Crippen molar-refractivity contribution in [2.75, 3.05) is 39.4 Å². The number of guanidine groups is 1. The van der Waals surface area contributed by atoms with Crippen molar-refractivity contribution in [1.29, 1.82) is 0 Å². The van der Waals surface area contributed by atoms with Gasteiger partial charge in [0.15, 0.2) is 17.5 Å². The van der Waals surface area contributed by atoms with Gasteiger partial charge in [0.2, 0.25) is 0 Å². The van der Waals surface area contributed by atoms with Gasteiger partial charge in [-0.1, -0.05) is 6.07 Å². The Morgan fingerprint density at radius 2 is 2.03 bits per heavy atom. The van der Waals surface area contributed by atoms with Crippen LogP contribution in [0.1, 0.15) is 46.1 Å². The number of nitrogens with zero attached hydrogens (tertiary/aromatic N) is 2. The van der Waals surface area contributed by atoms with Crippen molar-refractivity contribution in [3.8, 4) is 11.5 Å². The number of phenols is 1. The molecule has 0 aromatic heterocycles. The third-order valence-electron chi connectivity index (χ3n) is 4.88. The summed E-state index contributed by atoms with van der Waals surface area (Å²) in [4.78, 5) is 7.19. The molecule has 1 saturated heterocycles. The third-order valence-corrected chi connectivity index (χ3v) is 4.88. The van der Waals surface area contributed by atoms with Crippen LogP contribution in [0, 0.1) is 0 Å². The Morgan fingerprint density at radius 3 is 2.69 bits per heavy atom. The molecule has 7 heteroatoms. The second-order valence-corrected chi connectivity index (χ2v) is 7.61. The second-order valence-electron chi connectivity index (χ2n) is 7.61. The summed E-state index contributed by atoms with van der Waals surface area (Å²) in [5, 5.41) is 16.8. The molecule has 1 aliphatic rings. The maximum atomic E-state index is 9.85. The number of hydrogen-bond donors (Lipinski definition) is 3. The Balaban J connectivity index is 1.84. The number of piperidine rings is 1. The standard InChI is InChI=1S/C22H38N4O3/c1-5-23-22(24-16-18-7-8-20(27)21(15-18)28-6-2)25-19-9-11-26(12-10-19)13-14-29-17(3)4/h7-8,15,17,19,27H,5-6,9-14,16H2,1-4H3,(H2,23,24,25). The quantitative estimate of drug-likeness (QED) is 0.410. The van der Waals surface area contributed by atoms with E-state index >= 15 is 0 Å². The Bertz CT molecular complexity index is 628. The normalized spacial score (nSPS) is 16.2. The maximum Gasteiger partial charge on any atom is 0.191 e. The zero-order valence-corrected chi connectivity index (χ0v) is 18.4. The van der Waals surface area contributed by atoms with Gasteiger partial charge >= 0.3 is 0 Å². The fraction of sp³-hybridized carbons (Fsp3) is 0.682. The highest BCUT2D eigenvalue weighted by Gasteiger charge is 2.19. The van der Waals surface area contributed by atoms with Gasteiger partial charge in [0.25, 0.3) is 0 Å². The molecule has 0 bridgehead atoms. The number of benzene rings is 1. The molecule has 0 amide bonds. The molecule has 0 unspecified atom stereocenters. The molecule has 1 aromatic carbocycles. The Labute approximate surface area is 175 Å². The lowest BCUT2D eigenvalue weighted by atomic mass is 10.1. The van der Waals surface area contributed by atoms with E-state index in [-0.39, 0.29) is 5.75 Å². The van der Waals surface area contributed by atoms with Gasteiger partial charge in [-0.05, 0) is 58.2 Å². The van der Waals surface area contributed by atoms with Crippen LogP contribution in [0.3, 0.4) is 0 Å². The molecule has 29 heavy (non-hydrogen) atoms. The summed E-state index contributed by atoms with van der Waals surface area (Å²) in [6.45, 7) is 14.0. The number of hydrogen-bond acceptors (Lipinski definition) is 5. The first-order chi connectivity index (χ1) is 14.0. The monoisotopic (exact) mass is 406 g/mol. The summed E-state index contributed by atoms with van der Waals surface area (Å²) in [5.74, 6) is 1.50. The van der Waals surface area contributed by atoms with Crippen LogP contribution < -0.4 is 15.4 Å². The molecule has 1 aromatic rings. The Hall–Kier alpha value is -1.99. The van der Waals surface area contributed by atoms with Crippen LogP contribution in [-0.2, 0) is 11.3 Å². The van der Waals surface area contributed by atoms with E-state index in [1.807, 2.05) is 19.1 Å². The van der Waals surface area contributed by atoms with Crippen molar-refractivity contribution in [1.82, 2.24) is 15.5 Å². The molecule has 0 spiro atoms. The van der Waals surface area contributed by atoms with E-state index in [1.54, 1.807) is 6.07 Å². The lowest BCUT2D eigenvalue weighted by Crippen LogP contribution is -2.49. The zero-order chi connectivity index (χ0) is 21.1. The van der Waals surface area contributed by atoms with Crippen molar-refractivity contribution in [3.05, 3.63) is 23.8 Å². The summed E-state index contributed by atoms with van der Waals surface area (Å²) in [6, 6.07) is 5.81. The molecule has 164 valence electrons. The second kappa shape index (κ2) is 12.5. The van der Waals surface area contributed by atoms with Crippen molar-refractivity contribution < 1.29 is 14.6 Å². The molecular formula is C22H38N4O3. The molecule has 0 saturated carbocycles. The zero-order valence-electron chi connectivity index (χ0n) is 18.4. The van der Waals surface area contributed by atoms with Crippen LogP contribution in [0.4, 0.5) is 0 Å². The first kappa shape index (κ1) is 23.3. The first-order valence-electron chi connectivity index (χ1n) is 10.8. The molecule has 1 heterocycles.